The normalized spacial score (nSPS) is 16.2. The summed E-state index contributed by atoms with van der Waals surface area (Å²) < 4.78 is 5.50. The number of hydrogen-bond acceptors (Lipinski definition) is 4. The van der Waals surface area contributed by atoms with Crippen molar-refractivity contribution in [1.29, 1.82) is 0 Å². The molecule has 1 amide bonds. The van der Waals surface area contributed by atoms with Gasteiger partial charge in [0, 0.05) is 32.2 Å². The van der Waals surface area contributed by atoms with E-state index in [-0.39, 0.29) is 11.9 Å². The summed E-state index contributed by atoms with van der Waals surface area (Å²) in [6.07, 6.45) is 1.01. The van der Waals surface area contributed by atoms with E-state index in [4.69, 9.17) is 16.3 Å². The van der Waals surface area contributed by atoms with Crippen LogP contribution in [0.2, 0.25) is 5.02 Å². The van der Waals surface area contributed by atoms with E-state index in [1.165, 1.54) is 0 Å². The van der Waals surface area contributed by atoms with Crippen molar-refractivity contribution >= 4 is 29.2 Å². The highest BCUT2D eigenvalue weighted by atomic mass is 35.5. The van der Waals surface area contributed by atoms with Crippen LogP contribution in [0.3, 0.4) is 0 Å². The number of anilines is 1. The van der Waals surface area contributed by atoms with Crippen molar-refractivity contribution in [2.45, 2.75) is 19.4 Å². The van der Waals surface area contributed by atoms with Gasteiger partial charge in [-0.15, -0.1) is 0 Å². The fourth-order valence-electron chi connectivity index (χ4n) is 3.58. The van der Waals surface area contributed by atoms with Gasteiger partial charge in [0.15, 0.2) is 5.96 Å². The van der Waals surface area contributed by atoms with Gasteiger partial charge in [0.1, 0.15) is 5.75 Å². The van der Waals surface area contributed by atoms with E-state index in [0.717, 1.165) is 43.5 Å². The van der Waals surface area contributed by atoms with Crippen LogP contribution in [0, 0.1) is 0 Å². The SMILES string of the molecule is CCNC(=NCCNC(=O)c1ccccc1Cl)NC1CCN(c2ccccc2OC)C1. The number of rotatable bonds is 8. The first-order valence-electron chi connectivity index (χ1n) is 10.6. The van der Waals surface area contributed by atoms with E-state index in [0.29, 0.717) is 23.7 Å². The van der Waals surface area contributed by atoms with Crippen molar-refractivity contribution in [2.24, 2.45) is 4.99 Å². The molecule has 0 bridgehead atoms. The smallest absolute Gasteiger partial charge is 0.252 e. The van der Waals surface area contributed by atoms with E-state index in [2.05, 4.69) is 31.9 Å². The van der Waals surface area contributed by atoms with Crippen LogP contribution in [0.25, 0.3) is 0 Å². The highest BCUT2D eigenvalue weighted by molar-refractivity contribution is 6.33. The third-order valence-electron chi connectivity index (χ3n) is 5.08. The summed E-state index contributed by atoms with van der Waals surface area (Å²) >= 11 is 6.07. The summed E-state index contributed by atoms with van der Waals surface area (Å²) in [7, 11) is 1.70. The molecule has 3 rings (SSSR count). The van der Waals surface area contributed by atoms with Gasteiger partial charge >= 0.3 is 0 Å². The predicted molar refractivity (Wildman–Crippen MR) is 127 cm³/mol. The molecule has 0 aliphatic carbocycles. The fourth-order valence-corrected chi connectivity index (χ4v) is 3.80. The van der Waals surface area contributed by atoms with Gasteiger partial charge in [-0.3, -0.25) is 9.79 Å². The van der Waals surface area contributed by atoms with Crippen LogP contribution in [-0.4, -0.2) is 57.7 Å². The maximum absolute atomic E-state index is 12.2. The average molecular weight is 444 g/mol. The zero-order valence-electron chi connectivity index (χ0n) is 18.0. The highest BCUT2D eigenvalue weighted by Gasteiger charge is 2.25. The molecule has 1 aliphatic heterocycles. The zero-order valence-corrected chi connectivity index (χ0v) is 18.8. The molecular formula is C23H30ClN5O2. The van der Waals surface area contributed by atoms with Crippen molar-refractivity contribution < 1.29 is 9.53 Å². The minimum absolute atomic E-state index is 0.193. The summed E-state index contributed by atoms with van der Waals surface area (Å²) in [6, 6.07) is 15.4. The molecule has 1 aliphatic rings. The molecular weight excluding hydrogens is 414 g/mol. The number of ether oxygens (including phenoxy) is 1. The van der Waals surface area contributed by atoms with E-state index >= 15 is 0 Å². The Balaban J connectivity index is 1.51. The summed E-state index contributed by atoms with van der Waals surface area (Å²) in [5.41, 5.74) is 1.58. The Morgan fingerprint density at radius 1 is 1.19 bits per heavy atom. The van der Waals surface area contributed by atoms with Crippen LogP contribution in [-0.2, 0) is 0 Å². The predicted octanol–water partition coefficient (Wildman–Crippen LogP) is 2.91. The molecule has 0 aromatic heterocycles. The average Bonchev–Trinajstić information content (AvgIpc) is 3.25. The molecule has 7 nitrogen and oxygen atoms in total. The highest BCUT2D eigenvalue weighted by Crippen LogP contribution is 2.30. The number of para-hydroxylation sites is 2. The number of carbonyl (C=O) groups is 1. The Hall–Kier alpha value is -2.93. The number of hydrogen-bond donors (Lipinski definition) is 3. The van der Waals surface area contributed by atoms with E-state index in [1.807, 2.05) is 25.1 Å². The second-order valence-electron chi connectivity index (χ2n) is 7.24. The van der Waals surface area contributed by atoms with Crippen molar-refractivity contribution in [3.05, 3.63) is 59.1 Å². The second kappa shape index (κ2) is 11.5. The van der Waals surface area contributed by atoms with Crippen LogP contribution in [0.4, 0.5) is 5.69 Å². The molecule has 1 atom stereocenters. The molecule has 1 saturated heterocycles. The van der Waals surface area contributed by atoms with E-state index in [1.54, 1.807) is 31.4 Å². The summed E-state index contributed by atoms with van der Waals surface area (Å²) in [5, 5.41) is 10.1. The Kier molecular flexibility index (Phi) is 8.41. The van der Waals surface area contributed by atoms with Gasteiger partial charge in [0.05, 0.1) is 29.9 Å². The maximum atomic E-state index is 12.2. The van der Waals surface area contributed by atoms with Gasteiger partial charge in [-0.1, -0.05) is 35.9 Å². The zero-order chi connectivity index (χ0) is 22.1. The minimum atomic E-state index is -0.193. The largest absolute Gasteiger partial charge is 0.495 e. The Labute approximate surface area is 188 Å². The number of aliphatic imine (C=N–C) groups is 1. The first kappa shape index (κ1) is 22.7. The van der Waals surface area contributed by atoms with Crippen molar-refractivity contribution in [3.63, 3.8) is 0 Å². The monoisotopic (exact) mass is 443 g/mol. The van der Waals surface area contributed by atoms with Gasteiger partial charge in [-0.2, -0.15) is 0 Å². The molecule has 2 aromatic rings. The van der Waals surface area contributed by atoms with Crippen LogP contribution >= 0.6 is 11.6 Å². The van der Waals surface area contributed by atoms with Gasteiger partial charge in [-0.05, 0) is 37.6 Å². The van der Waals surface area contributed by atoms with Crippen molar-refractivity contribution in [3.8, 4) is 5.75 Å². The Morgan fingerprint density at radius 3 is 2.74 bits per heavy atom. The number of carbonyl (C=O) groups excluding carboxylic acids is 1. The molecule has 1 heterocycles. The van der Waals surface area contributed by atoms with Gasteiger partial charge in [-0.25, -0.2) is 0 Å². The second-order valence-corrected chi connectivity index (χ2v) is 7.65. The fraction of sp³-hybridized carbons (Fsp3) is 0.391. The van der Waals surface area contributed by atoms with Crippen LogP contribution in [0.5, 0.6) is 5.75 Å². The molecule has 1 fully saturated rings. The Bertz CT molecular complexity index is 905. The van der Waals surface area contributed by atoms with Crippen molar-refractivity contribution in [2.75, 3.05) is 44.7 Å². The van der Waals surface area contributed by atoms with Gasteiger partial charge in [0.2, 0.25) is 0 Å². The number of halogens is 1. The lowest BCUT2D eigenvalue weighted by Gasteiger charge is -2.22. The molecule has 0 spiro atoms. The third-order valence-corrected chi connectivity index (χ3v) is 5.41. The minimum Gasteiger partial charge on any atom is -0.495 e. The van der Waals surface area contributed by atoms with Gasteiger partial charge < -0.3 is 25.6 Å². The lowest BCUT2D eigenvalue weighted by Crippen LogP contribution is -2.45. The summed E-state index contributed by atoms with van der Waals surface area (Å²) in [5.74, 6) is 1.45. The first-order valence-corrected chi connectivity index (χ1v) is 11.0. The number of benzene rings is 2. The molecule has 1 unspecified atom stereocenters. The molecule has 0 radical (unpaired) electrons. The van der Waals surface area contributed by atoms with Crippen LogP contribution < -0.4 is 25.6 Å². The lowest BCUT2D eigenvalue weighted by molar-refractivity contribution is 0.0955. The van der Waals surface area contributed by atoms with Gasteiger partial charge in [0.25, 0.3) is 5.91 Å². The molecule has 3 N–H and O–H groups in total. The van der Waals surface area contributed by atoms with E-state index < -0.39 is 0 Å². The maximum Gasteiger partial charge on any atom is 0.252 e. The molecule has 2 aromatic carbocycles. The van der Waals surface area contributed by atoms with Crippen LogP contribution in [0.1, 0.15) is 23.7 Å². The standard InChI is InChI=1S/C23H30ClN5O2/c1-3-25-23(27-14-13-26-22(30)18-8-4-5-9-19(18)24)28-17-12-15-29(16-17)20-10-6-7-11-21(20)31-2/h4-11,17H,3,12-16H2,1-2H3,(H,26,30)(H2,25,27,28). The Morgan fingerprint density at radius 2 is 1.97 bits per heavy atom. The molecule has 166 valence electrons. The number of methoxy groups -OCH3 is 1. The quantitative estimate of drug-likeness (QED) is 0.332. The molecule has 31 heavy (non-hydrogen) atoms. The van der Waals surface area contributed by atoms with Crippen LogP contribution in [0.15, 0.2) is 53.5 Å². The lowest BCUT2D eigenvalue weighted by atomic mass is 10.2. The molecule has 0 saturated carbocycles. The number of amides is 1. The summed E-state index contributed by atoms with van der Waals surface area (Å²) in [6.45, 7) is 5.51. The topological polar surface area (TPSA) is 78.0 Å². The third kappa shape index (κ3) is 6.28. The number of guanidine groups is 1. The molecule has 8 heteroatoms. The van der Waals surface area contributed by atoms with E-state index in [9.17, 15) is 4.79 Å². The van der Waals surface area contributed by atoms with Crippen molar-refractivity contribution in [1.82, 2.24) is 16.0 Å². The number of nitrogens with zero attached hydrogens (tertiary/aromatic N) is 2. The summed E-state index contributed by atoms with van der Waals surface area (Å²) in [4.78, 5) is 19.2. The number of nitrogens with one attached hydrogen (secondary N) is 3. The first-order chi connectivity index (χ1) is 15.1.